The number of hydrogen-bond acceptors (Lipinski definition) is 7. The van der Waals surface area contributed by atoms with Crippen LogP contribution in [0, 0.1) is 10.1 Å². The Morgan fingerprint density at radius 3 is 2.85 bits per heavy atom. The molecular weight excluding hydrogens is 264 g/mol. The van der Waals surface area contributed by atoms with Crippen LogP contribution in [0.25, 0.3) is 11.0 Å². The third-order valence-corrected chi connectivity index (χ3v) is 2.86. The highest BCUT2D eigenvalue weighted by molar-refractivity contribution is 5.93. The van der Waals surface area contributed by atoms with E-state index in [1.807, 2.05) is 12.1 Å². The van der Waals surface area contributed by atoms with Gasteiger partial charge in [-0.3, -0.25) is 10.1 Å². The molecule has 0 aliphatic heterocycles. The highest BCUT2D eigenvalue weighted by Gasteiger charge is 2.19. The molecule has 1 N–H and O–H groups in total. The monoisotopic (exact) mass is 274 g/mol. The molecule has 2 aromatic heterocycles. The average Bonchev–Trinajstić information content (AvgIpc) is 3.09. The number of nitrogens with zero attached hydrogens (tertiary/aromatic N) is 3. The Hall–Kier alpha value is -2.90. The fraction of sp³-hybridized carbons (Fsp3) is 0.167. The Balaban J connectivity index is 1.80. The first kappa shape index (κ1) is 12.2. The molecule has 1 aromatic carbocycles. The Labute approximate surface area is 112 Å². The maximum atomic E-state index is 10.9. The highest BCUT2D eigenvalue weighted by atomic mass is 16.6. The zero-order valence-corrected chi connectivity index (χ0v) is 10.3. The topological polar surface area (TPSA) is 107 Å². The number of fused-ring (bicyclic) bond motifs is 1. The zero-order valence-electron chi connectivity index (χ0n) is 10.3. The minimum atomic E-state index is -0.515. The summed E-state index contributed by atoms with van der Waals surface area (Å²) in [5, 5.41) is 21.3. The Bertz CT molecular complexity index is 735. The van der Waals surface area contributed by atoms with Gasteiger partial charge in [0.15, 0.2) is 5.52 Å². The van der Waals surface area contributed by atoms with Crippen LogP contribution >= 0.6 is 0 Å². The van der Waals surface area contributed by atoms with Gasteiger partial charge in [0.05, 0.1) is 16.9 Å². The molecule has 3 rings (SSSR count). The van der Waals surface area contributed by atoms with Crippen molar-refractivity contribution in [2.24, 2.45) is 0 Å². The molecule has 8 heteroatoms. The summed E-state index contributed by atoms with van der Waals surface area (Å²) in [4.78, 5) is 10.3. The summed E-state index contributed by atoms with van der Waals surface area (Å²) in [5.74, 6) is 0.855. The third kappa shape index (κ3) is 2.18. The van der Waals surface area contributed by atoms with E-state index in [9.17, 15) is 10.1 Å². The number of non-ortho nitro benzene ring substituents is 1. The van der Waals surface area contributed by atoms with Crippen molar-refractivity contribution >= 4 is 22.4 Å². The molecule has 0 aliphatic carbocycles. The van der Waals surface area contributed by atoms with Crippen LogP contribution < -0.4 is 5.32 Å². The highest BCUT2D eigenvalue weighted by Crippen LogP contribution is 2.28. The first-order chi connectivity index (χ1) is 9.75. The van der Waals surface area contributed by atoms with Gasteiger partial charge in [0.1, 0.15) is 5.76 Å². The molecule has 0 unspecified atom stereocenters. The molecule has 102 valence electrons. The Morgan fingerprint density at radius 2 is 2.10 bits per heavy atom. The van der Waals surface area contributed by atoms with Crippen molar-refractivity contribution in [1.29, 1.82) is 0 Å². The number of nitro groups is 1. The summed E-state index contributed by atoms with van der Waals surface area (Å²) in [6, 6.07) is 6.67. The van der Waals surface area contributed by atoms with Crippen LogP contribution in [0.4, 0.5) is 11.4 Å². The standard InChI is InChI=1S/C12H10N4O4/c17-16(18)10-4-3-9(11-12(10)15-20-14-11)13-6-5-8-2-1-7-19-8/h1-4,7,13H,5-6H2. The predicted molar refractivity (Wildman–Crippen MR) is 69.4 cm³/mol. The maximum absolute atomic E-state index is 10.9. The van der Waals surface area contributed by atoms with E-state index in [1.165, 1.54) is 6.07 Å². The van der Waals surface area contributed by atoms with Gasteiger partial charge in [-0.25, -0.2) is 4.63 Å². The largest absolute Gasteiger partial charge is 0.469 e. The summed E-state index contributed by atoms with van der Waals surface area (Å²) in [7, 11) is 0. The molecule has 0 bridgehead atoms. The van der Waals surface area contributed by atoms with Crippen molar-refractivity contribution in [1.82, 2.24) is 10.3 Å². The van der Waals surface area contributed by atoms with Crippen molar-refractivity contribution in [2.75, 3.05) is 11.9 Å². The first-order valence-electron chi connectivity index (χ1n) is 5.91. The van der Waals surface area contributed by atoms with Crippen molar-refractivity contribution in [3.63, 3.8) is 0 Å². The van der Waals surface area contributed by atoms with Crippen molar-refractivity contribution in [3.05, 3.63) is 46.4 Å². The molecule has 2 heterocycles. The van der Waals surface area contributed by atoms with Crippen LogP contribution in [0.1, 0.15) is 5.76 Å². The molecular formula is C12H10N4O4. The Kier molecular flexibility index (Phi) is 3.04. The molecule has 0 fully saturated rings. The molecule has 0 amide bonds. The number of nitro benzene ring substituents is 1. The lowest BCUT2D eigenvalue weighted by Gasteiger charge is -2.04. The summed E-state index contributed by atoms with van der Waals surface area (Å²) in [6.45, 7) is 0.604. The summed E-state index contributed by atoms with van der Waals surface area (Å²) >= 11 is 0. The Morgan fingerprint density at radius 1 is 1.25 bits per heavy atom. The van der Waals surface area contributed by atoms with E-state index in [2.05, 4.69) is 20.3 Å². The molecule has 0 saturated carbocycles. The summed E-state index contributed by atoms with van der Waals surface area (Å²) < 4.78 is 9.80. The van der Waals surface area contributed by atoms with Crippen molar-refractivity contribution in [2.45, 2.75) is 6.42 Å². The van der Waals surface area contributed by atoms with E-state index in [0.29, 0.717) is 24.2 Å². The summed E-state index contributed by atoms with van der Waals surface area (Å²) in [6.07, 6.45) is 2.30. The molecule has 0 spiro atoms. The lowest BCUT2D eigenvalue weighted by Crippen LogP contribution is -2.05. The van der Waals surface area contributed by atoms with Gasteiger partial charge in [0, 0.05) is 19.0 Å². The van der Waals surface area contributed by atoms with E-state index >= 15 is 0 Å². The number of anilines is 1. The van der Waals surface area contributed by atoms with Gasteiger partial charge in [-0.1, -0.05) is 0 Å². The van der Waals surface area contributed by atoms with Gasteiger partial charge in [0.25, 0.3) is 0 Å². The number of hydrogen-bond donors (Lipinski definition) is 1. The molecule has 0 aliphatic rings. The average molecular weight is 274 g/mol. The van der Waals surface area contributed by atoms with Crippen LogP contribution in [0.2, 0.25) is 0 Å². The number of rotatable bonds is 5. The second-order valence-electron chi connectivity index (χ2n) is 4.11. The number of furan rings is 1. The smallest absolute Gasteiger partial charge is 0.300 e. The molecule has 3 aromatic rings. The predicted octanol–water partition coefficient (Wildman–Crippen LogP) is 2.38. The first-order valence-corrected chi connectivity index (χ1v) is 5.91. The van der Waals surface area contributed by atoms with Crippen LogP contribution in [-0.4, -0.2) is 21.8 Å². The van der Waals surface area contributed by atoms with Gasteiger partial charge in [-0.2, -0.15) is 0 Å². The minimum Gasteiger partial charge on any atom is -0.469 e. The molecule has 0 atom stereocenters. The van der Waals surface area contributed by atoms with Crippen molar-refractivity contribution < 1.29 is 14.0 Å². The van der Waals surface area contributed by atoms with Gasteiger partial charge in [0.2, 0.25) is 5.52 Å². The summed E-state index contributed by atoms with van der Waals surface area (Å²) in [5.41, 5.74) is 0.993. The molecule has 0 saturated heterocycles. The zero-order chi connectivity index (χ0) is 13.9. The van der Waals surface area contributed by atoms with E-state index in [-0.39, 0.29) is 11.2 Å². The lowest BCUT2D eigenvalue weighted by molar-refractivity contribution is -0.383. The number of aromatic nitrogens is 2. The van der Waals surface area contributed by atoms with E-state index in [4.69, 9.17) is 4.42 Å². The normalized spacial score (nSPS) is 10.8. The van der Waals surface area contributed by atoms with Crippen LogP contribution in [-0.2, 0) is 6.42 Å². The van der Waals surface area contributed by atoms with Gasteiger partial charge in [-0.05, 0) is 28.5 Å². The fourth-order valence-electron chi connectivity index (χ4n) is 1.92. The molecule has 0 radical (unpaired) electrons. The third-order valence-electron chi connectivity index (χ3n) is 2.86. The van der Waals surface area contributed by atoms with E-state index in [0.717, 1.165) is 5.76 Å². The van der Waals surface area contributed by atoms with Crippen LogP contribution in [0.15, 0.2) is 39.6 Å². The lowest BCUT2D eigenvalue weighted by atomic mass is 10.2. The minimum absolute atomic E-state index is 0.127. The fourth-order valence-corrected chi connectivity index (χ4v) is 1.92. The molecule has 8 nitrogen and oxygen atoms in total. The SMILES string of the molecule is O=[N+]([O-])c1ccc(NCCc2ccco2)c2nonc12. The second-order valence-corrected chi connectivity index (χ2v) is 4.11. The second kappa shape index (κ2) is 5.00. The molecule has 20 heavy (non-hydrogen) atoms. The van der Waals surface area contributed by atoms with E-state index < -0.39 is 4.92 Å². The van der Waals surface area contributed by atoms with Gasteiger partial charge >= 0.3 is 5.69 Å². The van der Waals surface area contributed by atoms with Crippen LogP contribution in [0.5, 0.6) is 0 Å². The van der Waals surface area contributed by atoms with Gasteiger partial charge in [-0.15, -0.1) is 0 Å². The van der Waals surface area contributed by atoms with Gasteiger partial charge < -0.3 is 9.73 Å². The quantitative estimate of drug-likeness (QED) is 0.562. The number of nitrogens with one attached hydrogen (secondary N) is 1. The number of benzene rings is 1. The van der Waals surface area contributed by atoms with Crippen molar-refractivity contribution in [3.8, 4) is 0 Å². The van der Waals surface area contributed by atoms with Crippen LogP contribution in [0.3, 0.4) is 0 Å². The van der Waals surface area contributed by atoms with E-state index in [1.54, 1.807) is 12.3 Å². The maximum Gasteiger partial charge on any atom is 0.300 e.